The summed E-state index contributed by atoms with van der Waals surface area (Å²) in [6, 6.07) is 5.12. The van der Waals surface area contributed by atoms with E-state index in [0.717, 1.165) is 28.9 Å². The monoisotopic (exact) mass is 318 g/mol. The molecule has 2 rings (SSSR count). The van der Waals surface area contributed by atoms with Gasteiger partial charge < -0.3 is 4.74 Å². The number of aromatic nitrogens is 2. The van der Waals surface area contributed by atoms with E-state index in [9.17, 15) is 4.39 Å². The van der Waals surface area contributed by atoms with Crippen LogP contribution in [-0.4, -0.2) is 16.8 Å². The van der Waals surface area contributed by atoms with Crippen LogP contribution in [0.5, 0.6) is 5.75 Å². The minimum Gasteiger partial charge on any atom is -0.490 e. The van der Waals surface area contributed by atoms with E-state index in [4.69, 9.17) is 4.74 Å². The van der Waals surface area contributed by atoms with Gasteiger partial charge in [-0.15, -0.1) is 0 Å². The van der Waals surface area contributed by atoms with Crippen LogP contribution in [0, 0.1) is 31.0 Å². The van der Waals surface area contributed by atoms with Crippen LogP contribution >= 0.6 is 0 Å². The van der Waals surface area contributed by atoms with Gasteiger partial charge in [0, 0.05) is 11.3 Å². The molecule has 1 N–H and O–H groups in total. The van der Waals surface area contributed by atoms with Crippen molar-refractivity contribution in [1.29, 1.82) is 0 Å². The van der Waals surface area contributed by atoms with Crippen molar-refractivity contribution in [2.75, 3.05) is 6.61 Å². The maximum atomic E-state index is 14.4. The van der Waals surface area contributed by atoms with Crippen molar-refractivity contribution in [2.24, 2.45) is 11.3 Å². The topological polar surface area (TPSA) is 37.9 Å². The molecule has 0 aliphatic rings. The Kier molecular flexibility index (Phi) is 5.12. The number of hydrogen-bond donors (Lipinski definition) is 1. The highest BCUT2D eigenvalue weighted by molar-refractivity contribution is 5.68. The predicted octanol–water partition coefficient (Wildman–Crippen LogP) is 5.28. The molecule has 2 aromatic rings. The number of aryl methyl sites for hydroxylation is 2. The van der Waals surface area contributed by atoms with Crippen LogP contribution in [0.1, 0.15) is 45.5 Å². The zero-order valence-electron chi connectivity index (χ0n) is 15.0. The Morgan fingerprint density at radius 2 is 1.96 bits per heavy atom. The number of H-pyrrole nitrogens is 1. The van der Waals surface area contributed by atoms with Gasteiger partial charge in [0.05, 0.1) is 12.3 Å². The van der Waals surface area contributed by atoms with Crippen molar-refractivity contribution in [3.8, 4) is 16.9 Å². The fourth-order valence-corrected chi connectivity index (χ4v) is 3.19. The van der Waals surface area contributed by atoms with E-state index in [1.165, 1.54) is 6.07 Å². The molecule has 0 amide bonds. The highest BCUT2D eigenvalue weighted by Crippen LogP contribution is 2.31. The van der Waals surface area contributed by atoms with Crippen LogP contribution in [0.15, 0.2) is 18.2 Å². The maximum absolute atomic E-state index is 14.4. The molecule has 0 bridgehead atoms. The molecule has 3 nitrogen and oxygen atoms in total. The van der Waals surface area contributed by atoms with Crippen molar-refractivity contribution < 1.29 is 9.13 Å². The number of rotatable bonds is 6. The molecule has 0 unspecified atom stereocenters. The molecule has 0 aliphatic carbocycles. The summed E-state index contributed by atoms with van der Waals surface area (Å²) >= 11 is 0. The van der Waals surface area contributed by atoms with Crippen LogP contribution in [0.25, 0.3) is 11.1 Å². The van der Waals surface area contributed by atoms with E-state index in [2.05, 4.69) is 37.9 Å². The first-order valence-corrected chi connectivity index (χ1v) is 8.14. The highest BCUT2D eigenvalue weighted by atomic mass is 19.1. The minimum atomic E-state index is -0.331. The lowest BCUT2D eigenvalue weighted by atomic mass is 9.85. The molecule has 1 heterocycles. The molecular formula is C19H27FN2O. The van der Waals surface area contributed by atoms with Gasteiger partial charge in [-0.25, -0.2) is 4.39 Å². The summed E-state index contributed by atoms with van der Waals surface area (Å²) < 4.78 is 20.1. The van der Waals surface area contributed by atoms with E-state index in [0.29, 0.717) is 18.3 Å². The number of benzene rings is 1. The first-order valence-electron chi connectivity index (χ1n) is 8.14. The van der Waals surface area contributed by atoms with Gasteiger partial charge >= 0.3 is 0 Å². The lowest BCUT2D eigenvalue weighted by Gasteiger charge is -2.26. The molecule has 0 fully saturated rings. The second kappa shape index (κ2) is 6.73. The average Bonchev–Trinajstić information content (AvgIpc) is 2.75. The molecule has 0 spiro atoms. The SMILES string of the molecule is Cc1n[nH]c(C)c1-c1ccc(OCC(C)(C)CC(C)C)c(F)c1. The Balaban J connectivity index is 2.14. The first-order chi connectivity index (χ1) is 10.7. The molecular weight excluding hydrogens is 291 g/mol. The Morgan fingerprint density at radius 1 is 1.26 bits per heavy atom. The zero-order chi connectivity index (χ0) is 17.2. The number of ether oxygens (including phenoxy) is 1. The Bertz CT molecular complexity index is 655. The summed E-state index contributed by atoms with van der Waals surface area (Å²) in [6.07, 6.45) is 1.04. The van der Waals surface area contributed by atoms with E-state index >= 15 is 0 Å². The molecule has 1 aromatic heterocycles. The molecule has 0 aliphatic heterocycles. The standard InChI is InChI=1S/C19H27FN2O/c1-12(2)10-19(5,6)11-23-17-8-7-15(9-16(17)20)18-13(3)21-22-14(18)4/h7-9,12H,10-11H2,1-6H3,(H,21,22). The van der Waals surface area contributed by atoms with Crippen molar-refractivity contribution in [3.05, 3.63) is 35.4 Å². The largest absolute Gasteiger partial charge is 0.490 e. The van der Waals surface area contributed by atoms with E-state index in [1.807, 2.05) is 19.9 Å². The van der Waals surface area contributed by atoms with Crippen LogP contribution in [0.4, 0.5) is 4.39 Å². The predicted molar refractivity (Wildman–Crippen MR) is 92.2 cm³/mol. The molecule has 0 saturated carbocycles. The van der Waals surface area contributed by atoms with Crippen LogP contribution in [-0.2, 0) is 0 Å². The lowest BCUT2D eigenvalue weighted by molar-refractivity contribution is 0.149. The number of nitrogens with one attached hydrogen (secondary N) is 1. The number of aromatic amines is 1. The summed E-state index contributed by atoms with van der Waals surface area (Å²) in [5.74, 6) is 0.570. The third-order valence-corrected chi connectivity index (χ3v) is 3.93. The molecule has 0 atom stereocenters. The van der Waals surface area contributed by atoms with Crippen molar-refractivity contribution in [1.82, 2.24) is 10.2 Å². The fourth-order valence-electron chi connectivity index (χ4n) is 3.19. The molecule has 23 heavy (non-hydrogen) atoms. The second-order valence-electron chi connectivity index (χ2n) is 7.51. The molecule has 126 valence electrons. The minimum absolute atomic E-state index is 0.0248. The maximum Gasteiger partial charge on any atom is 0.165 e. The third kappa shape index (κ3) is 4.34. The Labute approximate surface area is 138 Å². The lowest BCUT2D eigenvalue weighted by Crippen LogP contribution is -2.23. The second-order valence-corrected chi connectivity index (χ2v) is 7.51. The van der Waals surface area contributed by atoms with Gasteiger partial charge in [0.2, 0.25) is 0 Å². The van der Waals surface area contributed by atoms with E-state index in [-0.39, 0.29) is 11.2 Å². The van der Waals surface area contributed by atoms with E-state index in [1.54, 1.807) is 6.07 Å². The molecule has 0 saturated heterocycles. The fraction of sp³-hybridized carbons (Fsp3) is 0.526. The summed E-state index contributed by atoms with van der Waals surface area (Å²) in [5, 5.41) is 7.09. The Hall–Kier alpha value is -1.84. The van der Waals surface area contributed by atoms with E-state index < -0.39 is 0 Å². The summed E-state index contributed by atoms with van der Waals surface area (Å²) in [7, 11) is 0. The van der Waals surface area contributed by atoms with Crippen molar-refractivity contribution in [2.45, 2.75) is 48.0 Å². The zero-order valence-corrected chi connectivity index (χ0v) is 15.0. The highest BCUT2D eigenvalue weighted by Gasteiger charge is 2.21. The van der Waals surface area contributed by atoms with Gasteiger partial charge in [-0.1, -0.05) is 33.8 Å². The van der Waals surface area contributed by atoms with Gasteiger partial charge in [-0.2, -0.15) is 5.10 Å². The average molecular weight is 318 g/mol. The molecule has 1 aromatic carbocycles. The van der Waals surface area contributed by atoms with Crippen LogP contribution in [0.2, 0.25) is 0 Å². The number of halogens is 1. The van der Waals surface area contributed by atoms with Crippen molar-refractivity contribution >= 4 is 0 Å². The molecule has 4 heteroatoms. The van der Waals surface area contributed by atoms with Gasteiger partial charge in [0.15, 0.2) is 11.6 Å². The first kappa shape index (κ1) is 17.5. The quantitative estimate of drug-likeness (QED) is 0.786. The molecule has 0 radical (unpaired) electrons. The van der Waals surface area contributed by atoms with Gasteiger partial charge in [-0.3, -0.25) is 5.10 Å². The Morgan fingerprint density at radius 3 is 2.48 bits per heavy atom. The number of nitrogens with zero attached hydrogens (tertiary/aromatic N) is 1. The summed E-state index contributed by atoms with van der Waals surface area (Å²) in [5.41, 5.74) is 3.61. The summed E-state index contributed by atoms with van der Waals surface area (Å²) in [4.78, 5) is 0. The van der Waals surface area contributed by atoms with Crippen LogP contribution in [0.3, 0.4) is 0 Å². The smallest absolute Gasteiger partial charge is 0.165 e. The van der Waals surface area contributed by atoms with Crippen LogP contribution < -0.4 is 4.74 Å². The van der Waals surface area contributed by atoms with Gasteiger partial charge in [-0.05, 0) is 49.3 Å². The normalized spacial score (nSPS) is 12.0. The van der Waals surface area contributed by atoms with Crippen molar-refractivity contribution in [3.63, 3.8) is 0 Å². The number of hydrogen-bond acceptors (Lipinski definition) is 2. The summed E-state index contributed by atoms with van der Waals surface area (Å²) in [6.45, 7) is 13.0. The third-order valence-electron chi connectivity index (χ3n) is 3.93. The van der Waals surface area contributed by atoms with Gasteiger partial charge in [0.1, 0.15) is 0 Å². The van der Waals surface area contributed by atoms with Gasteiger partial charge in [0.25, 0.3) is 0 Å².